The molecule has 2 fully saturated rings. The van der Waals surface area contributed by atoms with Gasteiger partial charge in [0.1, 0.15) is 0 Å². The molecule has 0 spiro atoms. The average Bonchev–Trinajstić information content (AvgIpc) is 3.00. The van der Waals surface area contributed by atoms with Gasteiger partial charge < -0.3 is 10.5 Å². The molecule has 2 rings (SSSR count). The average molecular weight is 184 g/mol. The summed E-state index contributed by atoms with van der Waals surface area (Å²) in [5.74, 6) is 0.955. The fraction of sp³-hybridized carbons (Fsp3) is 1.00. The summed E-state index contributed by atoms with van der Waals surface area (Å²) in [6.07, 6.45) is 3.12. The van der Waals surface area contributed by atoms with E-state index in [2.05, 4.69) is 11.8 Å². The minimum absolute atomic E-state index is 0.273. The van der Waals surface area contributed by atoms with Gasteiger partial charge in [-0.3, -0.25) is 4.90 Å². The molecular formula is C10H20N2O. The monoisotopic (exact) mass is 184 g/mol. The Morgan fingerprint density at radius 2 is 2.31 bits per heavy atom. The molecule has 2 N–H and O–H groups in total. The Balaban J connectivity index is 1.83. The Morgan fingerprint density at radius 1 is 1.54 bits per heavy atom. The molecule has 1 saturated heterocycles. The quantitative estimate of drug-likeness (QED) is 0.692. The summed E-state index contributed by atoms with van der Waals surface area (Å²) in [5, 5.41) is 0. The number of nitrogens with two attached hydrogens (primary N) is 1. The van der Waals surface area contributed by atoms with Crippen LogP contribution in [0.2, 0.25) is 0 Å². The van der Waals surface area contributed by atoms with Gasteiger partial charge in [0, 0.05) is 25.7 Å². The van der Waals surface area contributed by atoms with E-state index < -0.39 is 0 Å². The van der Waals surface area contributed by atoms with Crippen molar-refractivity contribution in [2.24, 2.45) is 11.7 Å². The van der Waals surface area contributed by atoms with Crippen LogP contribution in [0.5, 0.6) is 0 Å². The molecule has 2 unspecified atom stereocenters. The van der Waals surface area contributed by atoms with Crippen LogP contribution in [0.4, 0.5) is 0 Å². The smallest absolute Gasteiger partial charge is 0.0824 e. The first-order chi connectivity index (χ1) is 6.31. The highest BCUT2D eigenvalue weighted by Crippen LogP contribution is 2.35. The molecule has 0 aromatic rings. The van der Waals surface area contributed by atoms with Crippen LogP contribution in [-0.2, 0) is 4.74 Å². The first kappa shape index (κ1) is 9.44. The number of hydrogen-bond acceptors (Lipinski definition) is 3. The van der Waals surface area contributed by atoms with Gasteiger partial charge >= 0.3 is 0 Å². The van der Waals surface area contributed by atoms with Crippen molar-refractivity contribution in [3.05, 3.63) is 0 Å². The van der Waals surface area contributed by atoms with Crippen molar-refractivity contribution in [3.63, 3.8) is 0 Å². The molecule has 1 aliphatic heterocycles. The maximum absolute atomic E-state index is 5.61. The fourth-order valence-corrected chi connectivity index (χ4v) is 2.13. The van der Waals surface area contributed by atoms with Crippen molar-refractivity contribution < 1.29 is 4.74 Å². The molecule has 3 nitrogen and oxygen atoms in total. The number of hydrogen-bond donors (Lipinski definition) is 1. The summed E-state index contributed by atoms with van der Waals surface area (Å²) in [5.41, 5.74) is 5.61. The molecule has 13 heavy (non-hydrogen) atoms. The zero-order valence-corrected chi connectivity index (χ0v) is 8.41. The van der Waals surface area contributed by atoms with Crippen molar-refractivity contribution >= 4 is 0 Å². The highest BCUT2D eigenvalue weighted by atomic mass is 16.5. The molecule has 0 radical (unpaired) electrons. The van der Waals surface area contributed by atoms with Crippen LogP contribution >= 0.6 is 0 Å². The van der Waals surface area contributed by atoms with E-state index in [-0.39, 0.29) is 6.10 Å². The second-order valence-electron chi connectivity index (χ2n) is 4.30. The third-order valence-electron chi connectivity index (χ3n) is 3.31. The highest BCUT2D eigenvalue weighted by Gasteiger charge is 2.33. The van der Waals surface area contributed by atoms with E-state index in [9.17, 15) is 0 Å². The second-order valence-corrected chi connectivity index (χ2v) is 4.30. The molecular weight excluding hydrogens is 164 g/mol. The fourth-order valence-electron chi connectivity index (χ4n) is 2.13. The Labute approximate surface area is 80.2 Å². The van der Waals surface area contributed by atoms with Gasteiger partial charge in [0.2, 0.25) is 0 Å². The van der Waals surface area contributed by atoms with E-state index in [1.54, 1.807) is 0 Å². The van der Waals surface area contributed by atoms with Gasteiger partial charge in [0.15, 0.2) is 0 Å². The summed E-state index contributed by atoms with van der Waals surface area (Å²) < 4.78 is 5.54. The first-order valence-corrected chi connectivity index (χ1v) is 5.37. The van der Waals surface area contributed by atoms with Gasteiger partial charge in [-0.2, -0.15) is 0 Å². The van der Waals surface area contributed by atoms with Crippen molar-refractivity contribution in [1.29, 1.82) is 0 Å². The Morgan fingerprint density at radius 3 is 2.92 bits per heavy atom. The highest BCUT2D eigenvalue weighted by molar-refractivity contribution is 4.87. The van der Waals surface area contributed by atoms with Gasteiger partial charge in [-0.15, -0.1) is 0 Å². The Hall–Kier alpha value is -0.120. The molecule has 0 bridgehead atoms. The first-order valence-electron chi connectivity index (χ1n) is 5.37. The van der Waals surface area contributed by atoms with Gasteiger partial charge in [-0.25, -0.2) is 0 Å². The van der Waals surface area contributed by atoms with E-state index in [0.717, 1.165) is 31.7 Å². The predicted molar refractivity (Wildman–Crippen MR) is 52.6 cm³/mol. The Bertz CT molecular complexity index is 170. The summed E-state index contributed by atoms with van der Waals surface area (Å²) in [7, 11) is 0. The van der Waals surface area contributed by atoms with E-state index in [0.29, 0.717) is 6.54 Å². The van der Waals surface area contributed by atoms with Gasteiger partial charge in [-0.1, -0.05) is 0 Å². The number of rotatable bonds is 3. The lowest BCUT2D eigenvalue weighted by atomic mass is 10.1. The lowest BCUT2D eigenvalue weighted by Gasteiger charge is -2.36. The van der Waals surface area contributed by atoms with Crippen LogP contribution in [0.15, 0.2) is 0 Å². The molecule has 0 aromatic carbocycles. The lowest BCUT2D eigenvalue weighted by Crippen LogP contribution is -2.49. The molecule has 2 atom stereocenters. The molecule has 1 aliphatic carbocycles. The van der Waals surface area contributed by atoms with Crippen molar-refractivity contribution in [1.82, 2.24) is 4.90 Å². The summed E-state index contributed by atoms with van der Waals surface area (Å²) in [4.78, 5) is 2.54. The topological polar surface area (TPSA) is 38.5 Å². The molecule has 0 amide bonds. The van der Waals surface area contributed by atoms with Crippen molar-refractivity contribution in [2.45, 2.75) is 31.9 Å². The third kappa shape index (κ3) is 2.22. The summed E-state index contributed by atoms with van der Waals surface area (Å²) in [6, 6.07) is 0.748. The minimum Gasteiger partial charge on any atom is -0.374 e. The largest absolute Gasteiger partial charge is 0.374 e. The van der Waals surface area contributed by atoms with E-state index in [1.807, 2.05) is 0 Å². The molecule has 3 heteroatoms. The SMILES string of the molecule is CC(C1CC1)N1CCOC(CN)C1. The number of nitrogens with zero attached hydrogens (tertiary/aromatic N) is 1. The maximum atomic E-state index is 5.61. The van der Waals surface area contributed by atoms with Crippen LogP contribution in [0.1, 0.15) is 19.8 Å². The predicted octanol–water partition coefficient (Wildman–Crippen LogP) is 0.444. The van der Waals surface area contributed by atoms with Gasteiger partial charge in [0.05, 0.1) is 12.7 Å². The molecule has 0 aromatic heterocycles. The van der Waals surface area contributed by atoms with Crippen LogP contribution < -0.4 is 5.73 Å². The summed E-state index contributed by atoms with van der Waals surface area (Å²) >= 11 is 0. The molecule has 1 saturated carbocycles. The van der Waals surface area contributed by atoms with Crippen molar-refractivity contribution in [2.75, 3.05) is 26.2 Å². The summed E-state index contributed by atoms with van der Waals surface area (Å²) in [6.45, 7) is 5.99. The van der Waals surface area contributed by atoms with Crippen molar-refractivity contribution in [3.8, 4) is 0 Å². The lowest BCUT2D eigenvalue weighted by molar-refractivity contribution is -0.0388. The normalized spacial score (nSPS) is 33.2. The van der Waals surface area contributed by atoms with E-state index in [4.69, 9.17) is 10.5 Å². The zero-order valence-electron chi connectivity index (χ0n) is 8.41. The Kier molecular flexibility index (Phi) is 2.86. The molecule has 2 aliphatic rings. The number of ether oxygens (including phenoxy) is 1. The zero-order chi connectivity index (χ0) is 9.26. The van der Waals surface area contributed by atoms with Crippen LogP contribution in [-0.4, -0.2) is 43.3 Å². The van der Waals surface area contributed by atoms with Gasteiger partial charge in [-0.05, 0) is 25.7 Å². The van der Waals surface area contributed by atoms with Crippen LogP contribution in [0.25, 0.3) is 0 Å². The third-order valence-corrected chi connectivity index (χ3v) is 3.31. The van der Waals surface area contributed by atoms with Crippen LogP contribution in [0, 0.1) is 5.92 Å². The van der Waals surface area contributed by atoms with Gasteiger partial charge in [0.25, 0.3) is 0 Å². The second kappa shape index (κ2) is 3.95. The van der Waals surface area contributed by atoms with Crippen LogP contribution in [0.3, 0.4) is 0 Å². The molecule has 76 valence electrons. The van der Waals surface area contributed by atoms with E-state index in [1.165, 1.54) is 12.8 Å². The molecule has 1 heterocycles. The standard InChI is InChI=1S/C10H20N2O/c1-8(9-2-3-9)12-4-5-13-10(6-11)7-12/h8-10H,2-7,11H2,1H3. The van der Waals surface area contributed by atoms with E-state index >= 15 is 0 Å². The maximum Gasteiger partial charge on any atom is 0.0824 e. The minimum atomic E-state index is 0.273. The number of morpholine rings is 1.